The highest BCUT2D eigenvalue weighted by Crippen LogP contribution is 2.18. The number of hydrogen-bond acceptors (Lipinski definition) is 3. The van der Waals surface area contributed by atoms with Crippen molar-refractivity contribution < 1.29 is 15.0 Å². The molecular weight excluding hydrogens is 939 g/mol. The van der Waals surface area contributed by atoms with Crippen molar-refractivity contribution in [3.8, 4) is 0 Å². The van der Waals surface area contributed by atoms with Gasteiger partial charge in [0.25, 0.3) is 0 Å². The van der Waals surface area contributed by atoms with Gasteiger partial charge in [-0.2, -0.15) is 0 Å². The number of aliphatic hydroxyl groups excluding tert-OH is 2. The van der Waals surface area contributed by atoms with Gasteiger partial charge < -0.3 is 15.5 Å². The number of rotatable bonds is 61. The highest BCUT2D eigenvalue weighted by molar-refractivity contribution is 5.76. The first-order chi connectivity index (χ1) is 38.2. The Hall–Kier alpha value is -2.95. The predicted octanol–water partition coefficient (Wildman–Crippen LogP) is 23.0. The Morgan fingerprint density at radius 3 is 0.857 bits per heavy atom. The molecule has 0 aliphatic rings. The number of allylic oxidation sites excluding steroid dienone is 18. The first-order valence-corrected chi connectivity index (χ1v) is 33.6. The summed E-state index contributed by atoms with van der Waals surface area (Å²) in [4.78, 5) is 12.6. The predicted molar refractivity (Wildman–Crippen MR) is 345 cm³/mol. The van der Waals surface area contributed by atoms with Crippen LogP contribution in [0.5, 0.6) is 0 Å². The summed E-state index contributed by atoms with van der Waals surface area (Å²) in [6, 6.07) is -0.552. The zero-order valence-corrected chi connectivity index (χ0v) is 51.2. The van der Waals surface area contributed by atoms with Gasteiger partial charge in [-0.3, -0.25) is 4.79 Å². The van der Waals surface area contributed by atoms with Gasteiger partial charge in [-0.05, 0) is 83.5 Å². The highest BCUT2D eigenvalue weighted by Gasteiger charge is 2.20. The van der Waals surface area contributed by atoms with Crippen LogP contribution in [0.15, 0.2) is 109 Å². The number of carbonyl (C=O) groups excluding carboxylic acids is 1. The lowest BCUT2D eigenvalue weighted by atomic mass is 10.0. The topological polar surface area (TPSA) is 69.6 Å². The fourth-order valence-corrected chi connectivity index (χ4v) is 10.0. The van der Waals surface area contributed by atoms with E-state index in [0.29, 0.717) is 12.8 Å². The first-order valence-electron chi connectivity index (χ1n) is 33.6. The second-order valence-corrected chi connectivity index (χ2v) is 22.5. The Kier molecular flexibility index (Phi) is 64.7. The van der Waals surface area contributed by atoms with E-state index in [1.807, 2.05) is 0 Å². The summed E-state index contributed by atoms with van der Waals surface area (Å²) in [7, 11) is 0. The molecule has 0 aromatic heterocycles. The van der Waals surface area contributed by atoms with Crippen molar-refractivity contribution in [1.82, 2.24) is 5.32 Å². The summed E-state index contributed by atoms with van der Waals surface area (Å²) in [6.07, 6.45) is 101. The van der Waals surface area contributed by atoms with E-state index in [1.54, 1.807) is 0 Å². The van der Waals surface area contributed by atoms with Crippen molar-refractivity contribution in [2.45, 2.75) is 341 Å². The van der Waals surface area contributed by atoms with E-state index in [0.717, 1.165) is 96.3 Å². The minimum absolute atomic E-state index is 0.0428. The van der Waals surface area contributed by atoms with Crippen molar-refractivity contribution in [1.29, 1.82) is 0 Å². The summed E-state index contributed by atoms with van der Waals surface area (Å²) in [6.45, 7) is 4.26. The number of unbranched alkanes of at least 4 members (excludes halogenated alkanes) is 36. The van der Waals surface area contributed by atoms with Gasteiger partial charge in [0.2, 0.25) is 5.91 Å². The van der Waals surface area contributed by atoms with E-state index in [1.165, 1.54) is 205 Å². The molecule has 0 saturated carbocycles. The van der Waals surface area contributed by atoms with Crippen LogP contribution < -0.4 is 5.32 Å². The molecule has 0 bridgehead atoms. The fraction of sp³-hybridized carbons (Fsp3) is 0.740. The molecule has 2 atom stereocenters. The molecule has 4 heteroatoms. The lowest BCUT2D eigenvalue weighted by Gasteiger charge is -2.22. The van der Waals surface area contributed by atoms with Crippen molar-refractivity contribution in [2.75, 3.05) is 6.61 Å². The van der Waals surface area contributed by atoms with Gasteiger partial charge in [-0.25, -0.2) is 0 Å². The molecule has 0 fully saturated rings. The molecule has 0 aliphatic heterocycles. The van der Waals surface area contributed by atoms with E-state index < -0.39 is 12.1 Å². The number of nitrogens with one attached hydrogen (secondary N) is 1. The molecule has 0 saturated heterocycles. The van der Waals surface area contributed by atoms with Crippen molar-refractivity contribution in [2.24, 2.45) is 0 Å². The average Bonchev–Trinajstić information content (AvgIpc) is 3.43. The van der Waals surface area contributed by atoms with Gasteiger partial charge in [0, 0.05) is 6.42 Å². The maximum Gasteiger partial charge on any atom is 0.220 e. The number of carbonyl (C=O) groups is 1. The average molecular weight is 1070 g/mol. The minimum atomic E-state index is -0.674. The largest absolute Gasteiger partial charge is 0.394 e. The molecule has 0 aromatic carbocycles. The second kappa shape index (κ2) is 67.3. The van der Waals surface area contributed by atoms with E-state index in [-0.39, 0.29) is 12.5 Å². The molecule has 444 valence electrons. The molecule has 0 spiro atoms. The van der Waals surface area contributed by atoms with E-state index in [2.05, 4.69) is 129 Å². The van der Waals surface area contributed by atoms with Crippen LogP contribution in [-0.4, -0.2) is 34.9 Å². The summed E-state index contributed by atoms with van der Waals surface area (Å²) in [5.74, 6) is -0.0428. The molecule has 1 amide bonds. The summed E-state index contributed by atoms with van der Waals surface area (Å²) in [5, 5.41) is 23.4. The van der Waals surface area contributed by atoms with Gasteiger partial charge in [-0.1, -0.05) is 348 Å². The smallest absolute Gasteiger partial charge is 0.220 e. The maximum absolute atomic E-state index is 12.6. The van der Waals surface area contributed by atoms with Gasteiger partial charge in [0.05, 0.1) is 18.8 Å². The molecular formula is C73H129NO3. The summed E-state index contributed by atoms with van der Waals surface area (Å²) >= 11 is 0. The molecule has 0 rings (SSSR count). The summed E-state index contributed by atoms with van der Waals surface area (Å²) < 4.78 is 0. The standard InChI is InChI=1S/C73H129NO3/c1-3-5-7-9-11-13-15-17-19-21-23-25-27-29-31-33-35-36-37-38-39-41-43-45-47-49-51-53-55-57-59-61-63-65-67-69-73(77)74-71(70-75)72(76)68-66-64-62-60-58-56-54-52-50-48-46-44-42-40-34-32-30-28-26-24-22-20-18-16-14-12-10-8-6-4-2/h5,7,11,13,17,19,23,25,29,31,35-36,38-39,43,45,49,51,71-72,75-76H,3-4,6,8-10,12,14-16,18,20-22,24,26-28,30,32-34,37,40-42,44,46-48,50,52-70H2,1-2H3,(H,74,77)/b7-5-,13-11-,19-17-,25-23-,31-29-,36-35-,39-38-,45-43-,51-49-. The third-order valence-electron chi connectivity index (χ3n) is 15.0. The van der Waals surface area contributed by atoms with Crippen LogP contribution in [0, 0.1) is 0 Å². The lowest BCUT2D eigenvalue weighted by molar-refractivity contribution is -0.123. The Morgan fingerprint density at radius 1 is 0.325 bits per heavy atom. The third kappa shape index (κ3) is 63.8. The second-order valence-electron chi connectivity index (χ2n) is 22.5. The van der Waals surface area contributed by atoms with Crippen LogP contribution in [0.4, 0.5) is 0 Å². The third-order valence-corrected chi connectivity index (χ3v) is 15.0. The fourth-order valence-electron chi connectivity index (χ4n) is 10.0. The normalized spacial score (nSPS) is 13.5. The van der Waals surface area contributed by atoms with Gasteiger partial charge in [0.15, 0.2) is 0 Å². The van der Waals surface area contributed by atoms with E-state index >= 15 is 0 Å². The molecule has 3 N–H and O–H groups in total. The molecule has 77 heavy (non-hydrogen) atoms. The maximum atomic E-state index is 12.6. The molecule has 0 aliphatic carbocycles. The Bertz CT molecular complexity index is 1440. The van der Waals surface area contributed by atoms with E-state index in [9.17, 15) is 15.0 Å². The Balaban J connectivity index is 3.53. The quantitative estimate of drug-likeness (QED) is 0.0420. The minimum Gasteiger partial charge on any atom is -0.394 e. The molecule has 0 aromatic rings. The van der Waals surface area contributed by atoms with Crippen LogP contribution >= 0.6 is 0 Å². The van der Waals surface area contributed by atoms with Gasteiger partial charge >= 0.3 is 0 Å². The van der Waals surface area contributed by atoms with Crippen molar-refractivity contribution in [3.63, 3.8) is 0 Å². The SMILES string of the molecule is CC/C=C\C/C=C\C/C=C\C/C=C\C/C=C\C/C=C\C/C=C\C/C=C\C/C=C\CCCCCCCCCC(=O)NC(CO)C(O)CCCCCCCCCCCCCCCCCCCCCCCCCCCCCCCC. The molecule has 4 nitrogen and oxygen atoms in total. The van der Waals surface area contributed by atoms with Crippen molar-refractivity contribution in [3.05, 3.63) is 109 Å². The van der Waals surface area contributed by atoms with E-state index in [4.69, 9.17) is 0 Å². The zero-order chi connectivity index (χ0) is 55.5. The molecule has 2 unspecified atom stereocenters. The zero-order valence-electron chi connectivity index (χ0n) is 51.2. The summed E-state index contributed by atoms with van der Waals surface area (Å²) in [5.41, 5.74) is 0. The Labute approximate surface area is 480 Å². The van der Waals surface area contributed by atoms with Crippen LogP contribution in [-0.2, 0) is 4.79 Å². The van der Waals surface area contributed by atoms with Gasteiger partial charge in [-0.15, -0.1) is 0 Å². The number of aliphatic hydroxyl groups is 2. The molecule has 0 radical (unpaired) electrons. The number of hydrogen-bond donors (Lipinski definition) is 3. The van der Waals surface area contributed by atoms with Crippen LogP contribution in [0.3, 0.4) is 0 Å². The van der Waals surface area contributed by atoms with Crippen LogP contribution in [0.2, 0.25) is 0 Å². The highest BCUT2D eigenvalue weighted by atomic mass is 16.3. The van der Waals surface area contributed by atoms with Crippen molar-refractivity contribution >= 4 is 5.91 Å². The van der Waals surface area contributed by atoms with Gasteiger partial charge in [0.1, 0.15) is 0 Å². The lowest BCUT2D eigenvalue weighted by Crippen LogP contribution is -2.45. The first kappa shape index (κ1) is 74.0. The Morgan fingerprint density at radius 2 is 0.571 bits per heavy atom. The monoisotopic (exact) mass is 1070 g/mol. The molecule has 0 heterocycles. The van der Waals surface area contributed by atoms with Crippen LogP contribution in [0.25, 0.3) is 0 Å². The number of amides is 1. The van der Waals surface area contributed by atoms with Crippen LogP contribution in [0.1, 0.15) is 328 Å².